The zero-order chi connectivity index (χ0) is 20.8. The van der Waals surface area contributed by atoms with Crippen LogP contribution in [0.4, 0.5) is 10.7 Å². The van der Waals surface area contributed by atoms with Gasteiger partial charge < -0.3 is 15.7 Å². The minimum Gasteiger partial charge on any atom is -0.481 e. The van der Waals surface area contributed by atoms with Gasteiger partial charge >= 0.3 is 5.97 Å². The highest BCUT2D eigenvalue weighted by molar-refractivity contribution is 7.17. The van der Waals surface area contributed by atoms with Crippen LogP contribution in [0.5, 0.6) is 0 Å². The largest absolute Gasteiger partial charge is 0.481 e. The molecule has 3 rings (SSSR count). The highest BCUT2D eigenvalue weighted by atomic mass is 32.1. The van der Waals surface area contributed by atoms with E-state index in [1.165, 1.54) is 16.2 Å². The van der Waals surface area contributed by atoms with Crippen molar-refractivity contribution in [2.45, 2.75) is 51.9 Å². The summed E-state index contributed by atoms with van der Waals surface area (Å²) in [4.78, 5) is 37.2. The number of carbonyl (C=O) groups is 3. The van der Waals surface area contributed by atoms with Gasteiger partial charge in [-0.2, -0.15) is 0 Å². The molecule has 6 nitrogen and oxygen atoms in total. The van der Waals surface area contributed by atoms with Crippen LogP contribution in [0.1, 0.15) is 59.8 Å². The van der Waals surface area contributed by atoms with Gasteiger partial charge in [-0.3, -0.25) is 14.4 Å². The molecular weight excluding hydrogens is 388 g/mol. The van der Waals surface area contributed by atoms with Gasteiger partial charge in [0.05, 0.1) is 5.56 Å². The summed E-state index contributed by atoms with van der Waals surface area (Å²) < 4.78 is 0. The molecule has 7 heteroatoms. The van der Waals surface area contributed by atoms with Crippen LogP contribution in [0.2, 0.25) is 0 Å². The molecule has 1 aromatic heterocycles. The van der Waals surface area contributed by atoms with E-state index in [0.29, 0.717) is 22.2 Å². The van der Waals surface area contributed by atoms with Crippen molar-refractivity contribution < 1.29 is 19.5 Å². The number of rotatable bonds is 8. The molecule has 1 atom stereocenters. The van der Waals surface area contributed by atoms with E-state index < -0.39 is 5.97 Å². The van der Waals surface area contributed by atoms with Gasteiger partial charge in [0.25, 0.3) is 5.91 Å². The summed E-state index contributed by atoms with van der Waals surface area (Å²) in [5.41, 5.74) is 2.29. The van der Waals surface area contributed by atoms with Crippen molar-refractivity contribution in [2.24, 2.45) is 5.92 Å². The molecule has 0 fully saturated rings. The monoisotopic (exact) mass is 414 g/mol. The zero-order valence-electron chi connectivity index (χ0n) is 16.5. The third kappa shape index (κ3) is 5.44. The Morgan fingerprint density at radius 2 is 1.90 bits per heavy atom. The molecular formula is C22H26N2O4S. The molecule has 0 spiro atoms. The number of hydrogen-bond donors (Lipinski definition) is 3. The molecule has 0 saturated carbocycles. The maximum atomic E-state index is 13.1. The molecule has 0 bridgehead atoms. The van der Waals surface area contributed by atoms with Gasteiger partial charge in [-0.05, 0) is 49.3 Å². The predicted octanol–water partition coefficient (Wildman–Crippen LogP) is 4.71. The number of benzene rings is 1. The second kappa shape index (κ2) is 9.69. The van der Waals surface area contributed by atoms with Crippen LogP contribution >= 0.6 is 11.3 Å². The summed E-state index contributed by atoms with van der Waals surface area (Å²) >= 11 is 1.48. The van der Waals surface area contributed by atoms with Gasteiger partial charge in [0.2, 0.25) is 5.91 Å². The van der Waals surface area contributed by atoms with Gasteiger partial charge in [-0.15, -0.1) is 11.3 Å². The normalized spacial score (nSPS) is 15.4. The Morgan fingerprint density at radius 3 is 2.59 bits per heavy atom. The number of anilines is 2. The molecule has 0 unspecified atom stereocenters. The number of amides is 2. The van der Waals surface area contributed by atoms with Crippen LogP contribution < -0.4 is 10.6 Å². The van der Waals surface area contributed by atoms with Crippen LogP contribution in [0.3, 0.4) is 0 Å². The SMILES string of the molecule is CC[C@H]1CCc2c(sc(NC(=O)CCCC(=O)O)c2C(=O)Nc2ccccc2)C1. The topological polar surface area (TPSA) is 95.5 Å². The maximum absolute atomic E-state index is 13.1. The standard InChI is InChI=1S/C22H26N2O4S/c1-2-14-11-12-16-17(13-14)29-22(24-18(25)9-6-10-19(26)27)20(16)21(28)23-15-7-4-3-5-8-15/h3-5,7-8,14H,2,6,9-13H2,1H3,(H,23,28)(H,24,25)(H,26,27)/t14-/m0/s1. The molecule has 2 amide bonds. The smallest absolute Gasteiger partial charge is 0.303 e. The van der Waals surface area contributed by atoms with Gasteiger partial charge in [0.1, 0.15) is 5.00 Å². The number of hydrogen-bond acceptors (Lipinski definition) is 4. The molecule has 1 aliphatic carbocycles. The number of nitrogens with one attached hydrogen (secondary N) is 2. The summed E-state index contributed by atoms with van der Waals surface area (Å²) in [5.74, 6) is -0.793. The van der Waals surface area contributed by atoms with E-state index in [2.05, 4.69) is 17.6 Å². The molecule has 2 aromatic rings. The first-order valence-corrected chi connectivity index (χ1v) is 10.8. The number of fused-ring (bicyclic) bond motifs is 1. The van der Waals surface area contributed by atoms with Crippen molar-refractivity contribution in [2.75, 3.05) is 10.6 Å². The van der Waals surface area contributed by atoms with Crippen molar-refractivity contribution in [1.29, 1.82) is 0 Å². The number of para-hydroxylation sites is 1. The van der Waals surface area contributed by atoms with E-state index in [1.807, 2.05) is 30.3 Å². The van der Waals surface area contributed by atoms with Crippen molar-refractivity contribution in [3.8, 4) is 0 Å². The maximum Gasteiger partial charge on any atom is 0.303 e. The average Bonchev–Trinajstić information content (AvgIpc) is 3.05. The fourth-order valence-corrected chi connectivity index (χ4v) is 5.01. The first-order chi connectivity index (χ1) is 14.0. The predicted molar refractivity (Wildman–Crippen MR) is 115 cm³/mol. The second-order valence-electron chi connectivity index (χ2n) is 7.34. The van der Waals surface area contributed by atoms with E-state index in [9.17, 15) is 14.4 Å². The fourth-order valence-electron chi connectivity index (χ4n) is 3.64. The van der Waals surface area contributed by atoms with E-state index in [4.69, 9.17) is 5.11 Å². The molecule has 0 saturated heterocycles. The van der Waals surface area contributed by atoms with E-state index >= 15 is 0 Å². The third-order valence-electron chi connectivity index (χ3n) is 5.25. The highest BCUT2D eigenvalue weighted by Gasteiger charge is 2.29. The Balaban J connectivity index is 1.82. The first kappa shape index (κ1) is 21.0. The van der Waals surface area contributed by atoms with Gasteiger partial charge in [-0.1, -0.05) is 31.5 Å². The number of aliphatic carboxylic acids is 1. The molecule has 0 radical (unpaired) electrons. The molecule has 154 valence electrons. The van der Waals surface area contributed by atoms with E-state index in [0.717, 1.165) is 31.2 Å². The average molecular weight is 415 g/mol. The minimum absolute atomic E-state index is 0.0477. The summed E-state index contributed by atoms with van der Waals surface area (Å²) in [6.07, 6.45) is 4.24. The lowest BCUT2D eigenvalue weighted by molar-refractivity contribution is -0.137. The third-order valence-corrected chi connectivity index (χ3v) is 6.42. The zero-order valence-corrected chi connectivity index (χ0v) is 17.3. The Labute approximate surface area is 174 Å². The summed E-state index contributed by atoms with van der Waals surface area (Å²) in [5, 5.41) is 15.1. The second-order valence-corrected chi connectivity index (χ2v) is 8.45. The molecule has 1 aliphatic rings. The first-order valence-electron chi connectivity index (χ1n) is 10.0. The van der Waals surface area contributed by atoms with E-state index in [1.54, 1.807) is 0 Å². The van der Waals surface area contributed by atoms with Gasteiger partial charge in [0, 0.05) is 23.4 Å². The molecule has 29 heavy (non-hydrogen) atoms. The Morgan fingerprint density at radius 1 is 1.14 bits per heavy atom. The Bertz CT molecular complexity index is 892. The van der Waals surface area contributed by atoms with Crippen molar-refractivity contribution in [3.63, 3.8) is 0 Å². The molecule has 0 aliphatic heterocycles. The van der Waals surface area contributed by atoms with Crippen LogP contribution in [-0.4, -0.2) is 22.9 Å². The summed E-state index contributed by atoms with van der Waals surface area (Å²) in [7, 11) is 0. The molecule has 1 aromatic carbocycles. The van der Waals surface area contributed by atoms with E-state index in [-0.39, 0.29) is 31.1 Å². The lowest BCUT2D eigenvalue weighted by atomic mass is 9.85. The fraction of sp³-hybridized carbons (Fsp3) is 0.409. The van der Waals surface area contributed by atoms with Crippen molar-refractivity contribution in [1.82, 2.24) is 0 Å². The van der Waals surface area contributed by atoms with Crippen LogP contribution in [0, 0.1) is 5.92 Å². The minimum atomic E-state index is -0.919. The quantitative estimate of drug-likeness (QED) is 0.583. The van der Waals surface area contributed by atoms with Crippen LogP contribution in [0.25, 0.3) is 0 Å². The lowest BCUT2D eigenvalue weighted by Crippen LogP contribution is -2.19. The van der Waals surface area contributed by atoms with Crippen LogP contribution in [0.15, 0.2) is 30.3 Å². The number of carboxylic acids is 1. The number of carbonyl (C=O) groups excluding carboxylic acids is 2. The summed E-state index contributed by atoms with van der Waals surface area (Å²) in [6.45, 7) is 2.18. The summed E-state index contributed by atoms with van der Waals surface area (Å²) in [6, 6.07) is 9.25. The molecule has 1 heterocycles. The van der Waals surface area contributed by atoms with Gasteiger partial charge in [-0.25, -0.2) is 0 Å². The number of carboxylic acid groups (broad SMARTS) is 1. The highest BCUT2D eigenvalue weighted by Crippen LogP contribution is 2.40. The molecule has 3 N–H and O–H groups in total. The Kier molecular flexibility index (Phi) is 7.04. The Hall–Kier alpha value is -2.67. The van der Waals surface area contributed by atoms with Gasteiger partial charge in [0.15, 0.2) is 0 Å². The number of thiophene rings is 1. The lowest BCUT2D eigenvalue weighted by Gasteiger charge is -2.21. The van der Waals surface area contributed by atoms with Crippen LogP contribution in [-0.2, 0) is 22.4 Å². The van der Waals surface area contributed by atoms with Crippen molar-refractivity contribution >= 4 is 39.8 Å². The van der Waals surface area contributed by atoms with Crippen molar-refractivity contribution in [3.05, 3.63) is 46.3 Å².